The van der Waals surface area contributed by atoms with Gasteiger partial charge in [-0.2, -0.15) is 0 Å². The number of halogens is 1. The molecule has 2 rings (SSSR count). The fourth-order valence-electron chi connectivity index (χ4n) is 1.82. The molecule has 4 nitrogen and oxygen atoms in total. The number of nitrogens with two attached hydrogens (primary N) is 1. The zero-order valence-electron chi connectivity index (χ0n) is 11.4. The predicted molar refractivity (Wildman–Crippen MR) is 88.2 cm³/mol. The van der Waals surface area contributed by atoms with E-state index in [0.717, 1.165) is 14.7 Å². The van der Waals surface area contributed by atoms with Crippen LogP contribution in [0.15, 0.2) is 42.5 Å². The molecule has 0 aliphatic heterocycles. The van der Waals surface area contributed by atoms with E-state index in [9.17, 15) is 9.59 Å². The number of benzene rings is 2. The number of carbonyl (C=O) groups excluding carboxylic acids is 2. The number of rotatable bonds is 4. The van der Waals surface area contributed by atoms with Crippen LogP contribution < -0.4 is 10.5 Å². The number of aryl methyl sites for hydroxylation is 1. The minimum Gasteiger partial charge on any atom is -0.426 e. The van der Waals surface area contributed by atoms with Gasteiger partial charge in [-0.25, -0.2) is 0 Å². The molecule has 21 heavy (non-hydrogen) atoms. The van der Waals surface area contributed by atoms with Gasteiger partial charge in [-0.15, -0.1) is 0 Å². The van der Waals surface area contributed by atoms with E-state index in [1.54, 1.807) is 19.1 Å². The highest BCUT2D eigenvalue weighted by Crippen LogP contribution is 2.20. The monoisotopic (exact) mass is 395 g/mol. The number of hydrogen-bond donors (Lipinski definition) is 1. The Labute approximate surface area is 136 Å². The molecule has 0 aromatic heterocycles. The van der Waals surface area contributed by atoms with Gasteiger partial charge in [0.05, 0.1) is 6.42 Å². The van der Waals surface area contributed by atoms with Crippen molar-refractivity contribution < 1.29 is 14.3 Å². The van der Waals surface area contributed by atoms with Crippen molar-refractivity contribution in [3.8, 4) is 5.75 Å². The van der Waals surface area contributed by atoms with Gasteiger partial charge in [0.25, 0.3) is 0 Å². The van der Waals surface area contributed by atoms with Crippen LogP contribution in [0.25, 0.3) is 0 Å². The first-order valence-electron chi connectivity index (χ1n) is 6.32. The topological polar surface area (TPSA) is 69.4 Å². The summed E-state index contributed by atoms with van der Waals surface area (Å²) in [5.74, 6) is -0.559. The van der Waals surface area contributed by atoms with E-state index < -0.39 is 5.91 Å². The van der Waals surface area contributed by atoms with E-state index in [1.807, 2.05) is 24.3 Å². The van der Waals surface area contributed by atoms with Crippen LogP contribution in [0, 0.1) is 10.5 Å². The summed E-state index contributed by atoms with van der Waals surface area (Å²) in [6.07, 6.45) is 0.180. The van der Waals surface area contributed by atoms with Crippen LogP contribution >= 0.6 is 22.6 Å². The Hall–Kier alpha value is -1.89. The van der Waals surface area contributed by atoms with Gasteiger partial charge in [0, 0.05) is 9.13 Å². The quantitative estimate of drug-likeness (QED) is 0.492. The fourth-order valence-corrected chi connectivity index (χ4v) is 2.40. The largest absolute Gasteiger partial charge is 0.426 e. The molecule has 108 valence electrons. The van der Waals surface area contributed by atoms with E-state index in [1.165, 1.54) is 6.07 Å². The third-order valence-electron chi connectivity index (χ3n) is 2.99. The van der Waals surface area contributed by atoms with Crippen molar-refractivity contribution in [3.05, 3.63) is 62.7 Å². The molecule has 0 unspecified atom stereocenters. The molecule has 0 atom stereocenters. The van der Waals surface area contributed by atoms with Crippen LogP contribution in [-0.4, -0.2) is 11.9 Å². The summed E-state index contributed by atoms with van der Waals surface area (Å²) >= 11 is 2.18. The summed E-state index contributed by atoms with van der Waals surface area (Å²) in [6.45, 7) is 1.81. The summed E-state index contributed by atoms with van der Waals surface area (Å²) < 4.78 is 6.35. The van der Waals surface area contributed by atoms with Crippen molar-refractivity contribution >= 4 is 34.5 Å². The van der Waals surface area contributed by atoms with Crippen molar-refractivity contribution in [1.29, 1.82) is 0 Å². The minimum absolute atomic E-state index is 0.180. The normalized spacial score (nSPS) is 10.2. The van der Waals surface area contributed by atoms with E-state index in [-0.39, 0.29) is 12.4 Å². The summed E-state index contributed by atoms with van der Waals surface area (Å²) in [5.41, 5.74) is 7.23. The summed E-state index contributed by atoms with van der Waals surface area (Å²) in [6, 6.07) is 12.4. The molecule has 0 aliphatic carbocycles. The maximum atomic E-state index is 12.0. The molecule has 0 saturated carbocycles. The first-order chi connectivity index (χ1) is 9.97. The Kier molecular flexibility index (Phi) is 4.95. The third-order valence-corrected chi connectivity index (χ3v) is 4.04. The van der Waals surface area contributed by atoms with Gasteiger partial charge in [-0.3, -0.25) is 9.59 Å². The van der Waals surface area contributed by atoms with Gasteiger partial charge in [0.2, 0.25) is 5.91 Å². The van der Waals surface area contributed by atoms with Gasteiger partial charge in [0.1, 0.15) is 5.75 Å². The number of esters is 1. The predicted octanol–water partition coefficient (Wildman–Crippen LogP) is 2.85. The molecular weight excluding hydrogens is 381 g/mol. The Morgan fingerprint density at radius 1 is 1.19 bits per heavy atom. The lowest BCUT2D eigenvalue weighted by molar-refractivity contribution is -0.133. The van der Waals surface area contributed by atoms with Gasteiger partial charge >= 0.3 is 5.97 Å². The highest BCUT2D eigenvalue weighted by atomic mass is 127. The molecule has 2 N–H and O–H groups in total. The van der Waals surface area contributed by atoms with E-state index in [4.69, 9.17) is 10.5 Å². The minimum atomic E-state index is -0.551. The molecule has 0 aliphatic rings. The molecule has 0 saturated heterocycles. The van der Waals surface area contributed by atoms with E-state index in [0.29, 0.717) is 11.3 Å². The Balaban J connectivity index is 2.15. The SMILES string of the molecule is Cc1ccc(C(N)=O)cc1OC(=O)Cc1ccccc1I. The van der Waals surface area contributed by atoms with Crippen molar-refractivity contribution in [2.24, 2.45) is 5.73 Å². The number of amides is 1. The van der Waals surface area contributed by atoms with Gasteiger partial charge in [-0.1, -0.05) is 24.3 Å². The molecule has 2 aromatic carbocycles. The Morgan fingerprint density at radius 3 is 2.57 bits per heavy atom. The highest BCUT2D eigenvalue weighted by Gasteiger charge is 2.12. The van der Waals surface area contributed by atoms with E-state index in [2.05, 4.69) is 22.6 Å². The fraction of sp³-hybridized carbons (Fsp3) is 0.125. The van der Waals surface area contributed by atoms with Crippen LogP contribution in [-0.2, 0) is 11.2 Å². The number of hydrogen-bond acceptors (Lipinski definition) is 3. The maximum Gasteiger partial charge on any atom is 0.315 e. The molecule has 0 spiro atoms. The lowest BCUT2D eigenvalue weighted by atomic mass is 10.1. The standard InChI is InChI=1S/C16H14INO3/c1-10-6-7-12(16(18)20)8-14(10)21-15(19)9-11-4-2-3-5-13(11)17/h2-8H,9H2,1H3,(H2,18,20). The van der Waals surface area contributed by atoms with Crippen molar-refractivity contribution in [3.63, 3.8) is 0 Å². The average Bonchev–Trinajstić information content (AvgIpc) is 2.43. The second-order valence-electron chi connectivity index (χ2n) is 4.59. The van der Waals surface area contributed by atoms with Crippen LogP contribution in [0.5, 0.6) is 5.75 Å². The molecule has 2 aromatic rings. The zero-order valence-corrected chi connectivity index (χ0v) is 13.6. The number of ether oxygens (including phenoxy) is 1. The molecule has 1 amide bonds. The van der Waals surface area contributed by atoms with Crippen LogP contribution in [0.2, 0.25) is 0 Å². The van der Waals surface area contributed by atoms with E-state index >= 15 is 0 Å². The van der Waals surface area contributed by atoms with Crippen molar-refractivity contribution in [2.45, 2.75) is 13.3 Å². The Bertz CT molecular complexity index is 698. The van der Waals surface area contributed by atoms with Gasteiger partial charge in [-0.05, 0) is 58.8 Å². The van der Waals surface area contributed by atoms with Crippen LogP contribution in [0.4, 0.5) is 0 Å². The van der Waals surface area contributed by atoms with Crippen molar-refractivity contribution in [1.82, 2.24) is 0 Å². The zero-order chi connectivity index (χ0) is 15.4. The lowest BCUT2D eigenvalue weighted by Gasteiger charge is -2.09. The lowest BCUT2D eigenvalue weighted by Crippen LogP contribution is -2.15. The van der Waals surface area contributed by atoms with Crippen LogP contribution in [0.3, 0.4) is 0 Å². The molecule has 0 heterocycles. The third kappa shape index (κ3) is 4.04. The Morgan fingerprint density at radius 2 is 1.90 bits per heavy atom. The molecule has 0 radical (unpaired) electrons. The summed E-state index contributed by atoms with van der Waals surface area (Å²) in [5, 5.41) is 0. The number of primary amides is 1. The second-order valence-corrected chi connectivity index (χ2v) is 5.75. The average molecular weight is 395 g/mol. The van der Waals surface area contributed by atoms with Crippen molar-refractivity contribution in [2.75, 3.05) is 0 Å². The molecule has 0 fully saturated rings. The smallest absolute Gasteiger partial charge is 0.315 e. The first-order valence-corrected chi connectivity index (χ1v) is 7.40. The first kappa shape index (κ1) is 15.5. The number of carbonyl (C=O) groups is 2. The van der Waals surface area contributed by atoms with Gasteiger partial charge in [0.15, 0.2) is 0 Å². The summed E-state index contributed by atoms with van der Waals surface area (Å²) in [4.78, 5) is 23.2. The van der Waals surface area contributed by atoms with Crippen LogP contribution in [0.1, 0.15) is 21.5 Å². The highest BCUT2D eigenvalue weighted by molar-refractivity contribution is 14.1. The maximum absolute atomic E-state index is 12.0. The molecular formula is C16H14INO3. The second kappa shape index (κ2) is 6.71. The summed E-state index contributed by atoms with van der Waals surface area (Å²) in [7, 11) is 0. The molecule has 0 bridgehead atoms. The molecule has 5 heteroatoms. The van der Waals surface area contributed by atoms with Gasteiger partial charge < -0.3 is 10.5 Å².